The lowest BCUT2D eigenvalue weighted by Gasteiger charge is -2.08. The third kappa shape index (κ3) is 12.1. The van der Waals surface area contributed by atoms with Gasteiger partial charge in [0.05, 0.1) is 12.7 Å². The molecule has 0 saturated carbocycles. The molecule has 140 valence electrons. The minimum absolute atomic E-state index is 0.678. The van der Waals surface area contributed by atoms with Crippen LogP contribution < -0.4 is 0 Å². The van der Waals surface area contributed by atoms with Gasteiger partial charge < -0.3 is 9.84 Å². The van der Waals surface area contributed by atoms with Gasteiger partial charge in [0.2, 0.25) is 0 Å². The lowest BCUT2D eigenvalue weighted by molar-refractivity contribution is -0.143. The largest absolute Gasteiger partial charge is 0.481 e. The predicted molar refractivity (Wildman–Crippen MR) is 90.0 cm³/mol. The smallest absolute Gasteiger partial charge is 0.332 e. The summed E-state index contributed by atoms with van der Waals surface area (Å²) < 4.78 is 35.4. The summed E-state index contributed by atoms with van der Waals surface area (Å²) in [7, 11) is -4.81. The zero-order valence-corrected chi connectivity index (χ0v) is 15.0. The van der Waals surface area contributed by atoms with E-state index in [9.17, 15) is 18.0 Å². The molecular weight excluding hydrogens is 336 g/mol. The minimum Gasteiger partial charge on any atom is -0.481 e. The van der Waals surface area contributed by atoms with E-state index in [-0.39, 0.29) is 0 Å². The summed E-state index contributed by atoms with van der Waals surface area (Å²) >= 11 is 0. The van der Waals surface area contributed by atoms with Crippen molar-refractivity contribution in [1.82, 2.24) is 0 Å². The van der Waals surface area contributed by atoms with E-state index < -0.39 is 33.7 Å². The molecule has 2 N–H and O–H groups in total. The number of carbonyl (C=O) groups excluding carboxylic acids is 1. The second-order valence-corrected chi connectivity index (χ2v) is 7.27. The molecule has 0 aliphatic carbocycles. The van der Waals surface area contributed by atoms with Crippen LogP contribution in [0.5, 0.6) is 0 Å². The fourth-order valence-electron chi connectivity index (χ4n) is 2.12. The van der Waals surface area contributed by atoms with Gasteiger partial charge in [-0.3, -0.25) is 14.1 Å². The van der Waals surface area contributed by atoms with Gasteiger partial charge in [-0.1, -0.05) is 51.9 Å². The Morgan fingerprint density at radius 3 is 2.08 bits per heavy atom. The van der Waals surface area contributed by atoms with Gasteiger partial charge in [0.1, 0.15) is 0 Å². The highest BCUT2D eigenvalue weighted by Crippen LogP contribution is 2.10. The summed E-state index contributed by atoms with van der Waals surface area (Å²) in [5.74, 6) is -2.82. The van der Waals surface area contributed by atoms with E-state index in [4.69, 9.17) is 9.66 Å². The molecule has 0 fully saturated rings. The number of ether oxygens (including phenoxy) is 1. The van der Waals surface area contributed by atoms with Gasteiger partial charge in [-0.05, 0) is 18.9 Å². The van der Waals surface area contributed by atoms with Crippen LogP contribution in [0.1, 0.15) is 71.1 Å². The minimum atomic E-state index is -4.81. The number of hydrogen-bond donors (Lipinski definition) is 2. The number of unbranched alkanes of at least 4 members (excludes halogenated alkanes) is 8. The number of esters is 1. The molecule has 0 aromatic carbocycles. The number of allylic oxidation sites excluding steroid dienone is 1. The van der Waals surface area contributed by atoms with Gasteiger partial charge in [0.25, 0.3) is 10.1 Å². The Kier molecular flexibility index (Phi) is 12.2. The van der Waals surface area contributed by atoms with Crippen LogP contribution in [0.15, 0.2) is 12.3 Å². The SMILES string of the molecule is CCCCCCCCCC/C=C/OC(=O)C(CC(=O)O)S(=O)(=O)O. The average Bonchev–Trinajstić information content (AvgIpc) is 2.48. The highest BCUT2D eigenvalue weighted by atomic mass is 32.2. The van der Waals surface area contributed by atoms with Crippen molar-refractivity contribution in [3.8, 4) is 0 Å². The number of carboxylic acid groups (broad SMARTS) is 1. The number of carboxylic acids is 1. The first-order valence-electron chi connectivity index (χ1n) is 8.32. The first kappa shape index (κ1) is 22.6. The molecule has 1 atom stereocenters. The van der Waals surface area contributed by atoms with Crippen LogP contribution in [0.2, 0.25) is 0 Å². The second kappa shape index (κ2) is 12.9. The molecule has 0 aromatic rings. The lowest BCUT2D eigenvalue weighted by Crippen LogP contribution is -2.33. The first-order valence-corrected chi connectivity index (χ1v) is 9.83. The van der Waals surface area contributed by atoms with Crippen molar-refractivity contribution in [2.75, 3.05) is 0 Å². The van der Waals surface area contributed by atoms with Crippen molar-refractivity contribution in [1.29, 1.82) is 0 Å². The van der Waals surface area contributed by atoms with E-state index in [1.54, 1.807) is 6.08 Å². The van der Waals surface area contributed by atoms with Crippen molar-refractivity contribution in [2.24, 2.45) is 0 Å². The van der Waals surface area contributed by atoms with E-state index in [0.717, 1.165) is 25.5 Å². The molecule has 7 nitrogen and oxygen atoms in total. The van der Waals surface area contributed by atoms with Crippen LogP contribution in [0, 0.1) is 0 Å². The van der Waals surface area contributed by atoms with Crippen LogP contribution >= 0.6 is 0 Å². The molecule has 0 spiro atoms. The monoisotopic (exact) mass is 364 g/mol. The molecule has 1 unspecified atom stereocenters. The van der Waals surface area contributed by atoms with Crippen molar-refractivity contribution >= 4 is 22.1 Å². The Balaban J connectivity index is 3.92. The molecule has 0 radical (unpaired) electrons. The lowest BCUT2D eigenvalue weighted by atomic mass is 10.1. The van der Waals surface area contributed by atoms with Gasteiger partial charge in [0, 0.05) is 0 Å². The quantitative estimate of drug-likeness (QED) is 0.210. The number of rotatable bonds is 14. The molecule has 0 bridgehead atoms. The van der Waals surface area contributed by atoms with Crippen LogP contribution in [-0.4, -0.2) is 35.3 Å². The summed E-state index contributed by atoms with van der Waals surface area (Å²) in [6, 6.07) is 0. The average molecular weight is 364 g/mol. The van der Waals surface area contributed by atoms with Crippen molar-refractivity contribution in [3.05, 3.63) is 12.3 Å². The van der Waals surface area contributed by atoms with Crippen LogP contribution in [0.3, 0.4) is 0 Å². The molecule has 0 amide bonds. The Labute approximate surface area is 143 Å². The maximum atomic E-state index is 11.5. The number of carbonyl (C=O) groups is 2. The van der Waals surface area contributed by atoms with Crippen LogP contribution in [0.4, 0.5) is 0 Å². The van der Waals surface area contributed by atoms with E-state index in [1.165, 1.54) is 32.1 Å². The van der Waals surface area contributed by atoms with Gasteiger partial charge in [-0.15, -0.1) is 0 Å². The summed E-state index contributed by atoms with van der Waals surface area (Å²) in [4.78, 5) is 22.0. The Hall–Kier alpha value is -1.41. The molecule has 8 heteroatoms. The normalized spacial score (nSPS) is 13.1. The third-order valence-electron chi connectivity index (χ3n) is 3.49. The molecule has 0 aliphatic heterocycles. The summed E-state index contributed by atoms with van der Waals surface area (Å²) in [5, 5.41) is 6.45. The summed E-state index contributed by atoms with van der Waals surface area (Å²) in [5.41, 5.74) is 0. The van der Waals surface area contributed by atoms with Crippen LogP contribution in [0.25, 0.3) is 0 Å². The van der Waals surface area contributed by atoms with Gasteiger partial charge in [-0.25, -0.2) is 0 Å². The molecule has 0 saturated heterocycles. The summed E-state index contributed by atoms with van der Waals surface area (Å²) in [6.45, 7) is 2.18. The molecule has 0 aromatic heterocycles. The molecule has 0 heterocycles. The molecular formula is C16H28O7S. The Morgan fingerprint density at radius 1 is 1.04 bits per heavy atom. The number of hydrogen-bond acceptors (Lipinski definition) is 5. The topological polar surface area (TPSA) is 118 Å². The standard InChI is InChI=1S/C16H28O7S/c1-2-3-4-5-6-7-8-9-10-11-12-23-16(19)14(13-15(17)18)24(20,21)22/h11-12,14H,2-10,13H2,1H3,(H,17,18)(H,20,21,22)/b12-11+. The fraction of sp³-hybridized carbons (Fsp3) is 0.750. The van der Waals surface area contributed by atoms with Crippen molar-refractivity contribution in [3.63, 3.8) is 0 Å². The fourth-order valence-corrected chi connectivity index (χ4v) is 2.78. The molecule has 0 rings (SSSR count). The van der Waals surface area contributed by atoms with Crippen molar-refractivity contribution in [2.45, 2.75) is 76.4 Å². The molecule has 0 aliphatic rings. The van der Waals surface area contributed by atoms with E-state index in [1.807, 2.05) is 0 Å². The number of aliphatic carboxylic acids is 1. The van der Waals surface area contributed by atoms with Crippen LogP contribution in [-0.2, 0) is 24.4 Å². The zero-order valence-electron chi connectivity index (χ0n) is 14.1. The van der Waals surface area contributed by atoms with Crippen molar-refractivity contribution < 1.29 is 32.4 Å². The van der Waals surface area contributed by atoms with Gasteiger partial charge in [0.15, 0.2) is 5.25 Å². The highest BCUT2D eigenvalue weighted by Gasteiger charge is 2.34. The van der Waals surface area contributed by atoms with Gasteiger partial charge >= 0.3 is 11.9 Å². The summed E-state index contributed by atoms with van der Waals surface area (Å²) in [6.07, 6.45) is 11.7. The van der Waals surface area contributed by atoms with E-state index >= 15 is 0 Å². The second-order valence-electron chi connectivity index (χ2n) is 5.67. The van der Waals surface area contributed by atoms with E-state index in [0.29, 0.717) is 6.42 Å². The highest BCUT2D eigenvalue weighted by molar-refractivity contribution is 7.87. The Morgan fingerprint density at radius 2 is 1.58 bits per heavy atom. The maximum absolute atomic E-state index is 11.5. The zero-order chi connectivity index (χ0) is 18.4. The molecule has 24 heavy (non-hydrogen) atoms. The first-order chi connectivity index (χ1) is 11.3. The van der Waals surface area contributed by atoms with Gasteiger partial charge in [-0.2, -0.15) is 8.42 Å². The Bertz CT molecular complexity index is 497. The maximum Gasteiger partial charge on any atom is 0.332 e. The third-order valence-corrected chi connectivity index (χ3v) is 4.57. The van der Waals surface area contributed by atoms with E-state index in [2.05, 4.69) is 11.7 Å². The predicted octanol–water partition coefficient (Wildman–Crippen LogP) is 3.31.